The Hall–Kier alpha value is -3.63. The number of nitrogens with zero attached hydrogens (tertiary/aromatic N) is 4. The summed E-state index contributed by atoms with van der Waals surface area (Å²) >= 11 is 0. The molecule has 0 fully saturated rings. The minimum absolute atomic E-state index is 0. The van der Waals surface area contributed by atoms with Crippen LogP contribution in [0.25, 0.3) is 22.2 Å². The van der Waals surface area contributed by atoms with Gasteiger partial charge in [0, 0.05) is 48.9 Å². The number of aliphatic hydroxyl groups is 1. The molecule has 1 atom stereocenters. The van der Waals surface area contributed by atoms with Crippen LogP contribution < -0.4 is 10.6 Å². The fourth-order valence-corrected chi connectivity index (χ4v) is 3.94. The number of benzene rings is 1. The summed E-state index contributed by atoms with van der Waals surface area (Å²) in [7, 11) is 1.60. The van der Waals surface area contributed by atoms with Crippen LogP contribution in [0.1, 0.15) is 48.3 Å². The monoisotopic (exact) mass is 508 g/mol. The van der Waals surface area contributed by atoms with Gasteiger partial charge in [-0.3, -0.25) is 14.8 Å². The second-order valence-electron chi connectivity index (χ2n) is 8.86. The molecule has 3 aromatic heterocycles. The Labute approximate surface area is 215 Å². The molecule has 188 valence electrons. The van der Waals surface area contributed by atoms with E-state index in [1.165, 1.54) is 32.4 Å². The van der Waals surface area contributed by atoms with Gasteiger partial charge in [-0.25, -0.2) is 14.4 Å². The zero-order valence-corrected chi connectivity index (χ0v) is 21.5. The van der Waals surface area contributed by atoms with Crippen molar-refractivity contribution >= 4 is 36.1 Å². The lowest BCUT2D eigenvalue weighted by molar-refractivity contribution is 0.0695. The van der Waals surface area contributed by atoms with E-state index in [0.717, 1.165) is 16.5 Å². The fraction of sp³-hybridized carbons (Fsp3) is 0.269. The van der Waals surface area contributed by atoms with Crippen molar-refractivity contribution in [3.63, 3.8) is 0 Å². The predicted octanol–water partition coefficient (Wildman–Crippen LogP) is 4.14. The number of para-hydroxylation sites is 1. The molecular formula is C26H29FN6O2S. The summed E-state index contributed by atoms with van der Waals surface area (Å²) < 4.78 is 14.5. The van der Waals surface area contributed by atoms with E-state index in [2.05, 4.69) is 37.5 Å². The number of amides is 1. The van der Waals surface area contributed by atoms with E-state index in [0.29, 0.717) is 29.2 Å². The first kappa shape index (κ1) is 27.0. The van der Waals surface area contributed by atoms with Gasteiger partial charge in [0.2, 0.25) is 0 Å². The molecule has 4 rings (SSSR count). The molecule has 10 heteroatoms. The Kier molecular flexibility index (Phi) is 8.21. The standard InChI is InChI=1S/C26H27FN6O2.H2S/c1-15(17-6-5-7-18-19(25(34)28-4)8-9-29-23(17)18)12-30-22-11-21(32-14-33-22)16-10-20(27)24(31-13-16)26(2,3)35;/h5-11,13-15,35H,12H2,1-4H3,(H,28,34)(H,30,32,33);1H2/t15-;/m1./s1. The summed E-state index contributed by atoms with van der Waals surface area (Å²) in [6, 6.07) is 10.5. The summed E-state index contributed by atoms with van der Waals surface area (Å²) in [4.78, 5) is 29.4. The lowest BCUT2D eigenvalue weighted by Gasteiger charge is -2.18. The van der Waals surface area contributed by atoms with Gasteiger partial charge in [0.25, 0.3) is 5.91 Å². The first-order valence-electron chi connectivity index (χ1n) is 11.2. The Bertz CT molecular complexity index is 1390. The average Bonchev–Trinajstić information content (AvgIpc) is 2.85. The Morgan fingerprint density at radius 3 is 2.61 bits per heavy atom. The average molecular weight is 509 g/mol. The lowest BCUT2D eigenvalue weighted by atomic mass is 9.96. The molecule has 3 N–H and O–H groups in total. The number of carbonyl (C=O) groups excluding carboxylic acids is 1. The van der Waals surface area contributed by atoms with Crippen molar-refractivity contribution in [1.82, 2.24) is 25.3 Å². The quantitative estimate of drug-likeness (QED) is 0.344. The first-order valence-corrected chi connectivity index (χ1v) is 11.2. The van der Waals surface area contributed by atoms with Crippen LogP contribution in [0.2, 0.25) is 0 Å². The molecule has 0 bridgehead atoms. The van der Waals surface area contributed by atoms with E-state index in [1.807, 2.05) is 18.2 Å². The molecular weight excluding hydrogens is 479 g/mol. The van der Waals surface area contributed by atoms with Gasteiger partial charge in [0.15, 0.2) is 0 Å². The van der Waals surface area contributed by atoms with Crippen molar-refractivity contribution in [2.24, 2.45) is 0 Å². The Balaban J connectivity index is 0.00000361. The van der Waals surface area contributed by atoms with Gasteiger partial charge in [0.05, 0.1) is 16.8 Å². The highest BCUT2D eigenvalue weighted by atomic mass is 32.1. The van der Waals surface area contributed by atoms with Crippen molar-refractivity contribution in [1.29, 1.82) is 0 Å². The highest BCUT2D eigenvalue weighted by molar-refractivity contribution is 7.59. The lowest BCUT2D eigenvalue weighted by Crippen LogP contribution is -2.19. The maximum Gasteiger partial charge on any atom is 0.251 e. The largest absolute Gasteiger partial charge is 0.384 e. The first-order chi connectivity index (χ1) is 16.7. The van der Waals surface area contributed by atoms with Crippen LogP contribution in [-0.4, -0.2) is 44.5 Å². The third kappa shape index (κ3) is 5.60. The SMILES string of the molecule is CNC(=O)c1ccnc2c([C@H](C)CNc3cc(-c4cnc(C(C)(C)O)c(F)c4)ncn3)cccc12.S. The number of pyridine rings is 2. The molecule has 0 aliphatic carbocycles. The van der Waals surface area contributed by atoms with Gasteiger partial charge in [-0.1, -0.05) is 25.1 Å². The molecule has 0 saturated carbocycles. The second-order valence-corrected chi connectivity index (χ2v) is 8.86. The number of anilines is 1. The third-order valence-electron chi connectivity index (χ3n) is 5.78. The number of rotatable bonds is 7. The molecule has 3 heterocycles. The van der Waals surface area contributed by atoms with Crippen LogP contribution >= 0.6 is 13.5 Å². The predicted molar refractivity (Wildman–Crippen MR) is 143 cm³/mol. The van der Waals surface area contributed by atoms with Gasteiger partial charge in [0.1, 0.15) is 29.3 Å². The highest BCUT2D eigenvalue weighted by Crippen LogP contribution is 2.28. The smallest absolute Gasteiger partial charge is 0.251 e. The van der Waals surface area contributed by atoms with Crippen molar-refractivity contribution in [3.05, 3.63) is 77.8 Å². The maximum absolute atomic E-state index is 14.5. The summed E-state index contributed by atoms with van der Waals surface area (Å²) in [5.74, 6) is -0.130. The van der Waals surface area contributed by atoms with E-state index in [-0.39, 0.29) is 31.0 Å². The zero-order chi connectivity index (χ0) is 25.2. The normalized spacial score (nSPS) is 12.1. The summed E-state index contributed by atoms with van der Waals surface area (Å²) in [5, 5.41) is 16.8. The molecule has 1 aromatic carbocycles. The van der Waals surface area contributed by atoms with Crippen molar-refractivity contribution < 1.29 is 14.3 Å². The number of hydrogen-bond donors (Lipinski definition) is 3. The van der Waals surface area contributed by atoms with E-state index in [1.54, 1.807) is 25.4 Å². The second kappa shape index (κ2) is 11.0. The molecule has 4 aromatic rings. The van der Waals surface area contributed by atoms with Gasteiger partial charge < -0.3 is 15.7 Å². The molecule has 0 spiro atoms. The molecule has 1 amide bonds. The van der Waals surface area contributed by atoms with Crippen LogP contribution in [-0.2, 0) is 5.60 Å². The number of carbonyl (C=O) groups is 1. The summed E-state index contributed by atoms with van der Waals surface area (Å²) in [5.41, 5.74) is 1.94. The molecule has 0 aliphatic heterocycles. The van der Waals surface area contributed by atoms with Crippen LogP contribution in [0.3, 0.4) is 0 Å². The van der Waals surface area contributed by atoms with Crippen molar-refractivity contribution in [2.75, 3.05) is 18.9 Å². The number of fused-ring (bicyclic) bond motifs is 1. The number of nitrogens with one attached hydrogen (secondary N) is 2. The van der Waals surface area contributed by atoms with Crippen molar-refractivity contribution in [2.45, 2.75) is 32.3 Å². The minimum atomic E-state index is -1.38. The number of halogens is 1. The third-order valence-corrected chi connectivity index (χ3v) is 5.78. The van der Waals surface area contributed by atoms with E-state index in [9.17, 15) is 14.3 Å². The van der Waals surface area contributed by atoms with Crippen molar-refractivity contribution in [3.8, 4) is 11.3 Å². The number of aromatic nitrogens is 4. The van der Waals surface area contributed by atoms with E-state index < -0.39 is 11.4 Å². The van der Waals surface area contributed by atoms with E-state index >= 15 is 0 Å². The maximum atomic E-state index is 14.5. The van der Waals surface area contributed by atoms with Gasteiger partial charge in [-0.15, -0.1) is 0 Å². The molecule has 0 radical (unpaired) electrons. The van der Waals surface area contributed by atoms with Gasteiger partial charge >= 0.3 is 0 Å². The zero-order valence-electron chi connectivity index (χ0n) is 20.5. The number of hydrogen-bond acceptors (Lipinski definition) is 7. The van der Waals surface area contributed by atoms with E-state index in [4.69, 9.17) is 0 Å². The Morgan fingerprint density at radius 1 is 1.14 bits per heavy atom. The van der Waals surface area contributed by atoms with Crippen LogP contribution in [0, 0.1) is 5.82 Å². The molecule has 0 unspecified atom stereocenters. The molecule has 0 saturated heterocycles. The van der Waals surface area contributed by atoms with Crippen LogP contribution in [0.5, 0.6) is 0 Å². The molecule has 8 nitrogen and oxygen atoms in total. The van der Waals surface area contributed by atoms with Crippen LogP contribution in [0.4, 0.5) is 10.2 Å². The molecule has 36 heavy (non-hydrogen) atoms. The topological polar surface area (TPSA) is 113 Å². The minimum Gasteiger partial charge on any atom is -0.384 e. The summed E-state index contributed by atoms with van der Waals surface area (Å²) in [6.45, 7) is 5.58. The van der Waals surface area contributed by atoms with Crippen LogP contribution in [0.15, 0.2) is 55.1 Å². The Morgan fingerprint density at radius 2 is 1.92 bits per heavy atom. The van der Waals surface area contributed by atoms with Gasteiger partial charge in [-0.2, -0.15) is 13.5 Å². The highest BCUT2D eigenvalue weighted by Gasteiger charge is 2.23. The fourth-order valence-electron chi connectivity index (χ4n) is 3.94. The van der Waals surface area contributed by atoms with Gasteiger partial charge in [-0.05, 0) is 31.5 Å². The molecule has 0 aliphatic rings. The summed E-state index contributed by atoms with van der Waals surface area (Å²) in [6.07, 6.45) is 4.53.